The maximum atomic E-state index is 13.1. The molecule has 1 aromatic rings. The van der Waals surface area contributed by atoms with Crippen LogP contribution < -0.4 is 10.6 Å². The number of benzene rings is 1. The third-order valence-corrected chi connectivity index (χ3v) is 7.69. The van der Waals surface area contributed by atoms with Crippen LogP contribution in [0.3, 0.4) is 0 Å². The molecule has 0 radical (unpaired) electrons. The van der Waals surface area contributed by atoms with Gasteiger partial charge in [-0.05, 0) is 45.2 Å². The van der Waals surface area contributed by atoms with Gasteiger partial charge < -0.3 is 20.5 Å². The van der Waals surface area contributed by atoms with Crippen molar-refractivity contribution in [2.24, 2.45) is 11.3 Å². The summed E-state index contributed by atoms with van der Waals surface area (Å²) >= 11 is 6.89. The van der Waals surface area contributed by atoms with Gasteiger partial charge in [0.1, 0.15) is 6.04 Å². The molecule has 2 aliphatic rings. The molecule has 0 heterocycles. The molecule has 7 heteroatoms. The van der Waals surface area contributed by atoms with E-state index in [2.05, 4.69) is 10.6 Å². The molecule has 3 N–H and O–H groups in total. The van der Waals surface area contributed by atoms with Crippen LogP contribution in [0.2, 0.25) is 0 Å². The van der Waals surface area contributed by atoms with Crippen LogP contribution in [0.1, 0.15) is 51.0 Å². The first kappa shape index (κ1) is 24.0. The van der Waals surface area contributed by atoms with Gasteiger partial charge >= 0.3 is 5.97 Å². The number of aliphatic hydroxyl groups is 1. The van der Waals surface area contributed by atoms with Crippen LogP contribution in [0.15, 0.2) is 30.3 Å². The molecule has 31 heavy (non-hydrogen) atoms. The second-order valence-electron chi connectivity index (χ2n) is 8.90. The highest BCUT2D eigenvalue weighted by Crippen LogP contribution is 2.51. The second kappa shape index (κ2) is 10.8. The molecule has 5 unspecified atom stereocenters. The fourth-order valence-electron chi connectivity index (χ4n) is 5.44. The van der Waals surface area contributed by atoms with E-state index in [1.807, 2.05) is 37.4 Å². The first-order valence-corrected chi connectivity index (χ1v) is 11.8. The molecule has 0 aliphatic heterocycles. The number of carbonyl (C=O) groups excluding carboxylic acids is 2. The monoisotopic (exact) mass is 450 g/mol. The Morgan fingerprint density at radius 2 is 2.03 bits per heavy atom. The summed E-state index contributed by atoms with van der Waals surface area (Å²) in [6.07, 6.45) is 4.67. The number of rotatable bonds is 7. The van der Waals surface area contributed by atoms with Crippen molar-refractivity contribution in [2.75, 3.05) is 13.7 Å². The van der Waals surface area contributed by atoms with E-state index in [-0.39, 0.29) is 29.3 Å². The number of esters is 1. The van der Waals surface area contributed by atoms with Gasteiger partial charge in [0.15, 0.2) is 0 Å². The summed E-state index contributed by atoms with van der Waals surface area (Å²) in [7, 11) is 1.94. The molecule has 1 aromatic carbocycles. The molecule has 2 saturated carbocycles. The van der Waals surface area contributed by atoms with Gasteiger partial charge in [-0.25, -0.2) is 4.79 Å². The lowest BCUT2D eigenvalue weighted by Gasteiger charge is -2.52. The van der Waals surface area contributed by atoms with Crippen molar-refractivity contribution in [3.05, 3.63) is 35.9 Å². The molecule has 2 fully saturated rings. The fourth-order valence-corrected chi connectivity index (χ4v) is 5.98. The Morgan fingerprint density at radius 3 is 2.71 bits per heavy atom. The largest absolute Gasteiger partial charge is 0.464 e. The van der Waals surface area contributed by atoms with Gasteiger partial charge in [-0.1, -0.05) is 43.2 Å². The molecule has 0 saturated heterocycles. The zero-order chi connectivity index (χ0) is 22.4. The van der Waals surface area contributed by atoms with Crippen LogP contribution >= 0.6 is 11.6 Å². The van der Waals surface area contributed by atoms with Crippen molar-refractivity contribution >= 4 is 23.5 Å². The predicted octanol–water partition coefficient (Wildman–Crippen LogP) is 2.80. The molecule has 0 bridgehead atoms. The normalized spacial score (nSPS) is 31.7. The Bertz CT molecular complexity index is 746. The Labute approximate surface area is 190 Å². The summed E-state index contributed by atoms with van der Waals surface area (Å²) in [6.45, 7) is 1.98. The molecule has 0 aromatic heterocycles. The summed E-state index contributed by atoms with van der Waals surface area (Å²) < 4.78 is 5.18. The van der Waals surface area contributed by atoms with Crippen LogP contribution in [0.4, 0.5) is 0 Å². The maximum absolute atomic E-state index is 13.1. The van der Waals surface area contributed by atoms with Crippen LogP contribution in [0, 0.1) is 11.3 Å². The highest BCUT2D eigenvalue weighted by Gasteiger charge is 2.53. The van der Waals surface area contributed by atoms with Crippen LogP contribution in [0.25, 0.3) is 0 Å². The zero-order valence-electron chi connectivity index (χ0n) is 18.5. The Morgan fingerprint density at radius 1 is 1.29 bits per heavy atom. The van der Waals surface area contributed by atoms with E-state index in [1.165, 1.54) is 0 Å². The SMILES string of the molecule is CCOC(=O)[C@@H](Cc1ccccc1)NC(=O)C1CC(Cl)C2(CCCCC2NC)CC1O. The average Bonchev–Trinajstić information content (AvgIpc) is 2.77. The van der Waals surface area contributed by atoms with Gasteiger partial charge in [0.2, 0.25) is 5.91 Å². The van der Waals surface area contributed by atoms with Gasteiger partial charge in [0, 0.05) is 23.3 Å². The smallest absolute Gasteiger partial charge is 0.328 e. The third kappa shape index (κ3) is 5.41. The van der Waals surface area contributed by atoms with Crippen molar-refractivity contribution < 1.29 is 19.4 Å². The lowest BCUT2D eigenvalue weighted by molar-refractivity contribution is -0.149. The maximum Gasteiger partial charge on any atom is 0.328 e. The first-order chi connectivity index (χ1) is 14.9. The third-order valence-electron chi connectivity index (χ3n) is 7.07. The van der Waals surface area contributed by atoms with Gasteiger partial charge in [0.25, 0.3) is 0 Å². The van der Waals surface area contributed by atoms with Gasteiger partial charge in [-0.3, -0.25) is 4.79 Å². The van der Waals surface area contributed by atoms with Gasteiger partial charge in [-0.15, -0.1) is 11.6 Å². The molecule has 2 aliphatic carbocycles. The Balaban J connectivity index is 1.71. The summed E-state index contributed by atoms with van der Waals surface area (Å²) in [4.78, 5) is 25.6. The Kier molecular flexibility index (Phi) is 8.36. The number of aliphatic hydroxyl groups excluding tert-OH is 1. The minimum Gasteiger partial charge on any atom is -0.464 e. The number of hydrogen-bond acceptors (Lipinski definition) is 5. The van der Waals surface area contributed by atoms with E-state index < -0.39 is 24.0 Å². The number of amides is 1. The molecular formula is C24H35ClN2O4. The van der Waals surface area contributed by atoms with E-state index in [4.69, 9.17) is 16.3 Å². The molecule has 172 valence electrons. The number of nitrogens with one attached hydrogen (secondary N) is 2. The van der Waals surface area contributed by atoms with Crippen molar-refractivity contribution in [3.8, 4) is 0 Å². The van der Waals surface area contributed by atoms with E-state index in [0.29, 0.717) is 19.3 Å². The van der Waals surface area contributed by atoms with Crippen molar-refractivity contribution in [3.63, 3.8) is 0 Å². The molecular weight excluding hydrogens is 416 g/mol. The first-order valence-electron chi connectivity index (χ1n) is 11.4. The standard InChI is InChI=1S/C24H35ClN2O4/c1-3-31-23(30)18(13-16-9-5-4-6-10-16)27-22(29)17-14-20(25)24(15-19(17)28)12-8-7-11-21(24)26-2/h4-6,9-10,17-21,26,28H,3,7-8,11-15H2,1-2H3,(H,27,29)/t17?,18-,19?,20?,21?,24?/m1/s1. The van der Waals surface area contributed by atoms with E-state index in [9.17, 15) is 14.7 Å². The number of hydrogen-bond donors (Lipinski definition) is 3. The predicted molar refractivity (Wildman–Crippen MR) is 121 cm³/mol. The van der Waals surface area contributed by atoms with Crippen LogP contribution in [0.5, 0.6) is 0 Å². The quantitative estimate of drug-likeness (QED) is 0.439. The van der Waals surface area contributed by atoms with Crippen molar-refractivity contribution in [1.29, 1.82) is 0 Å². The van der Waals surface area contributed by atoms with Crippen LogP contribution in [-0.4, -0.2) is 54.2 Å². The highest BCUT2D eigenvalue weighted by molar-refractivity contribution is 6.21. The summed E-state index contributed by atoms with van der Waals surface area (Å²) in [5.41, 5.74) is 0.730. The second-order valence-corrected chi connectivity index (χ2v) is 9.43. The highest BCUT2D eigenvalue weighted by atomic mass is 35.5. The van der Waals surface area contributed by atoms with Crippen molar-refractivity contribution in [1.82, 2.24) is 10.6 Å². The van der Waals surface area contributed by atoms with E-state index in [0.717, 1.165) is 31.2 Å². The Hall–Kier alpha value is -1.63. The lowest BCUT2D eigenvalue weighted by Crippen LogP contribution is -2.59. The van der Waals surface area contributed by atoms with Crippen molar-refractivity contribution in [2.45, 2.75) is 75.4 Å². The zero-order valence-corrected chi connectivity index (χ0v) is 19.2. The minimum absolute atomic E-state index is 0.199. The summed E-state index contributed by atoms with van der Waals surface area (Å²) in [5, 5.41) is 17.0. The molecule has 6 nitrogen and oxygen atoms in total. The summed E-state index contributed by atoms with van der Waals surface area (Å²) in [6, 6.07) is 8.95. The summed E-state index contributed by atoms with van der Waals surface area (Å²) in [5.74, 6) is -1.44. The molecule has 6 atom stereocenters. The van der Waals surface area contributed by atoms with Crippen LogP contribution in [-0.2, 0) is 20.7 Å². The van der Waals surface area contributed by atoms with E-state index >= 15 is 0 Å². The lowest BCUT2D eigenvalue weighted by atomic mass is 9.59. The number of carbonyl (C=O) groups is 2. The number of halogens is 1. The van der Waals surface area contributed by atoms with Gasteiger partial charge in [-0.2, -0.15) is 0 Å². The number of alkyl halides is 1. The minimum atomic E-state index is -0.800. The molecule has 1 spiro atoms. The average molecular weight is 451 g/mol. The molecule has 3 rings (SSSR count). The topological polar surface area (TPSA) is 87.7 Å². The molecule has 1 amide bonds. The fraction of sp³-hybridized carbons (Fsp3) is 0.667. The number of ether oxygens (including phenoxy) is 1. The van der Waals surface area contributed by atoms with Gasteiger partial charge in [0.05, 0.1) is 18.6 Å². The van der Waals surface area contributed by atoms with E-state index in [1.54, 1.807) is 6.92 Å².